The summed E-state index contributed by atoms with van der Waals surface area (Å²) >= 11 is 6.17. The zero-order chi connectivity index (χ0) is 15.6. The van der Waals surface area contributed by atoms with Gasteiger partial charge in [-0.1, -0.05) is 30.2 Å². The number of fused-ring (bicyclic) bond motifs is 1. The van der Waals surface area contributed by atoms with Crippen molar-refractivity contribution in [2.24, 2.45) is 5.92 Å². The molecule has 1 aromatic carbocycles. The molecule has 0 spiro atoms. The quantitative estimate of drug-likeness (QED) is 0.835. The van der Waals surface area contributed by atoms with Crippen LogP contribution in [0.4, 0.5) is 0 Å². The Morgan fingerprint density at radius 1 is 1.04 bits per heavy atom. The van der Waals surface area contributed by atoms with E-state index in [-0.39, 0.29) is 0 Å². The SMILES string of the molecule is Clc1ccccc1OC1CN(C[C@@H]2CCCN3CCCC[C@H]23)C1. The van der Waals surface area contributed by atoms with Crippen molar-refractivity contribution in [3.8, 4) is 5.75 Å². The van der Waals surface area contributed by atoms with Gasteiger partial charge in [0, 0.05) is 25.7 Å². The highest BCUT2D eigenvalue weighted by molar-refractivity contribution is 6.32. The van der Waals surface area contributed by atoms with E-state index >= 15 is 0 Å². The number of piperidine rings is 2. The first-order valence-corrected chi connectivity index (χ1v) is 9.55. The van der Waals surface area contributed by atoms with Gasteiger partial charge in [-0.2, -0.15) is 0 Å². The van der Waals surface area contributed by atoms with Crippen LogP contribution >= 0.6 is 11.6 Å². The molecule has 0 unspecified atom stereocenters. The monoisotopic (exact) mass is 334 g/mol. The van der Waals surface area contributed by atoms with Gasteiger partial charge in [0.25, 0.3) is 0 Å². The number of ether oxygens (including phenoxy) is 1. The summed E-state index contributed by atoms with van der Waals surface area (Å²) in [5.74, 6) is 1.69. The third kappa shape index (κ3) is 3.52. The molecule has 0 radical (unpaired) electrons. The molecule has 3 aliphatic rings. The molecule has 3 fully saturated rings. The summed E-state index contributed by atoms with van der Waals surface area (Å²) in [5, 5.41) is 0.719. The Hall–Kier alpha value is -0.770. The van der Waals surface area contributed by atoms with Gasteiger partial charge >= 0.3 is 0 Å². The summed E-state index contributed by atoms with van der Waals surface area (Å²) in [5.41, 5.74) is 0. The van der Waals surface area contributed by atoms with E-state index in [4.69, 9.17) is 16.3 Å². The van der Waals surface area contributed by atoms with E-state index in [0.29, 0.717) is 6.10 Å². The average molecular weight is 335 g/mol. The Balaban J connectivity index is 1.26. The maximum Gasteiger partial charge on any atom is 0.138 e. The number of para-hydroxylation sites is 1. The first-order valence-electron chi connectivity index (χ1n) is 9.17. The zero-order valence-corrected chi connectivity index (χ0v) is 14.5. The molecule has 23 heavy (non-hydrogen) atoms. The smallest absolute Gasteiger partial charge is 0.138 e. The minimum Gasteiger partial charge on any atom is -0.486 e. The van der Waals surface area contributed by atoms with Crippen LogP contribution in [0.15, 0.2) is 24.3 Å². The molecule has 0 aromatic heterocycles. The van der Waals surface area contributed by atoms with Crippen LogP contribution in [0.5, 0.6) is 5.75 Å². The van der Waals surface area contributed by atoms with E-state index in [1.807, 2.05) is 24.3 Å². The normalized spacial score (nSPS) is 29.8. The molecule has 0 amide bonds. The summed E-state index contributed by atoms with van der Waals surface area (Å²) < 4.78 is 6.02. The molecule has 2 atom stereocenters. The van der Waals surface area contributed by atoms with Crippen LogP contribution < -0.4 is 4.74 Å². The third-order valence-electron chi connectivity index (χ3n) is 5.78. The van der Waals surface area contributed by atoms with Crippen LogP contribution in [0.3, 0.4) is 0 Å². The summed E-state index contributed by atoms with van der Waals surface area (Å²) in [6, 6.07) is 8.64. The van der Waals surface area contributed by atoms with Crippen molar-refractivity contribution < 1.29 is 4.74 Å². The number of rotatable bonds is 4. The standard InChI is InChI=1S/C19H27ClN2O/c20-17-7-1-2-9-19(17)23-16-13-21(14-16)12-15-6-5-11-22-10-4-3-8-18(15)22/h1-2,7,9,15-16,18H,3-6,8,10-14H2/t15-,18+/m0/s1. The van der Waals surface area contributed by atoms with E-state index in [9.17, 15) is 0 Å². The second-order valence-corrected chi connectivity index (χ2v) is 7.80. The van der Waals surface area contributed by atoms with Gasteiger partial charge in [0.05, 0.1) is 5.02 Å². The number of nitrogens with zero attached hydrogens (tertiary/aromatic N) is 2. The van der Waals surface area contributed by atoms with E-state index in [2.05, 4.69) is 9.80 Å². The highest BCUT2D eigenvalue weighted by atomic mass is 35.5. The highest BCUT2D eigenvalue weighted by Gasteiger charge is 2.37. The molecule has 0 aliphatic carbocycles. The van der Waals surface area contributed by atoms with Crippen LogP contribution in [0.2, 0.25) is 5.02 Å². The number of hydrogen-bond donors (Lipinski definition) is 0. The molecule has 4 rings (SSSR count). The first kappa shape index (κ1) is 15.7. The molecule has 3 heterocycles. The molecule has 1 aromatic rings. The van der Waals surface area contributed by atoms with Crippen LogP contribution in [-0.2, 0) is 0 Å². The van der Waals surface area contributed by atoms with E-state index in [1.54, 1.807) is 0 Å². The summed E-state index contributed by atoms with van der Waals surface area (Å²) in [6.45, 7) is 6.02. The van der Waals surface area contributed by atoms with Crippen LogP contribution in [0.1, 0.15) is 32.1 Å². The molecular formula is C19H27ClN2O. The summed E-state index contributed by atoms with van der Waals surface area (Å²) in [6.07, 6.45) is 7.35. The van der Waals surface area contributed by atoms with Crippen LogP contribution in [0.25, 0.3) is 0 Å². The summed E-state index contributed by atoms with van der Waals surface area (Å²) in [4.78, 5) is 5.33. The second-order valence-electron chi connectivity index (χ2n) is 7.39. The minimum absolute atomic E-state index is 0.306. The molecule has 3 saturated heterocycles. The van der Waals surface area contributed by atoms with Gasteiger partial charge in [-0.3, -0.25) is 4.90 Å². The largest absolute Gasteiger partial charge is 0.486 e. The van der Waals surface area contributed by atoms with Crippen molar-refractivity contribution in [2.75, 3.05) is 32.7 Å². The Labute approximate surface area is 144 Å². The van der Waals surface area contributed by atoms with Crippen molar-refractivity contribution in [3.63, 3.8) is 0 Å². The van der Waals surface area contributed by atoms with Crippen LogP contribution in [-0.4, -0.2) is 54.7 Å². The number of hydrogen-bond acceptors (Lipinski definition) is 3. The van der Waals surface area contributed by atoms with E-state index < -0.39 is 0 Å². The van der Waals surface area contributed by atoms with Crippen molar-refractivity contribution >= 4 is 11.6 Å². The van der Waals surface area contributed by atoms with Gasteiger partial charge in [-0.25, -0.2) is 0 Å². The van der Waals surface area contributed by atoms with Crippen molar-refractivity contribution in [2.45, 2.75) is 44.2 Å². The second kappa shape index (κ2) is 7.00. The Morgan fingerprint density at radius 3 is 2.74 bits per heavy atom. The van der Waals surface area contributed by atoms with Crippen molar-refractivity contribution in [1.82, 2.24) is 9.80 Å². The van der Waals surface area contributed by atoms with Gasteiger partial charge in [0.15, 0.2) is 0 Å². The minimum atomic E-state index is 0.306. The molecule has 0 saturated carbocycles. The third-order valence-corrected chi connectivity index (χ3v) is 6.09. The lowest BCUT2D eigenvalue weighted by Crippen LogP contribution is -2.58. The topological polar surface area (TPSA) is 15.7 Å². The summed E-state index contributed by atoms with van der Waals surface area (Å²) in [7, 11) is 0. The van der Waals surface area contributed by atoms with Crippen molar-refractivity contribution in [1.29, 1.82) is 0 Å². The van der Waals surface area contributed by atoms with E-state index in [0.717, 1.165) is 35.8 Å². The zero-order valence-electron chi connectivity index (χ0n) is 13.8. The molecule has 126 valence electrons. The number of halogens is 1. The first-order chi connectivity index (χ1) is 11.3. The van der Waals surface area contributed by atoms with Gasteiger partial charge in [-0.05, 0) is 56.8 Å². The van der Waals surface area contributed by atoms with Gasteiger partial charge in [0.1, 0.15) is 11.9 Å². The van der Waals surface area contributed by atoms with E-state index in [1.165, 1.54) is 51.7 Å². The number of likely N-dealkylation sites (tertiary alicyclic amines) is 1. The maximum absolute atomic E-state index is 6.17. The lowest BCUT2D eigenvalue weighted by molar-refractivity contribution is -0.0188. The Kier molecular flexibility index (Phi) is 4.79. The molecule has 3 nitrogen and oxygen atoms in total. The lowest BCUT2D eigenvalue weighted by atomic mass is 9.83. The van der Waals surface area contributed by atoms with Crippen molar-refractivity contribution in [3.05, 3.63) is 29.3 Å². The highest BCUT2D eigenvalue weighted by Crippen LogP contribution is 2.33. The predicted molar refractivity (Wildman–Crippen MR) is 94.2 cm³/mol. The average Bonchev–Trinajstić information content (AvgIpc) is 2.55. The maximum atomic E-state index is 6.17. The van der Waals surface area contributed by atoms with Gasteiger partial charge < -0.3 is 9.64 Å². The molecule has 3 aliphatic heterocycles. The fourth-order valence-corrected chi connectivity index (χ4v) is 4.77. The molecule has 0 bridgehead atoms. The molecular weight excluding hydrogens is 308 g/mol. The molecule has 0 N–H and O–H groups in total. The Morgan fingerprint density at radius 2 is 1.87 bits per heavy atom. The lowest BCUT2D eigenvalue weighted by Gasteiger charge is -2.48. The van der Waals surface area contributed by atoms with Gasteiger partial charge in [0.2, 0.25) is 0 Å². The predicted octanol–water partition coefficient (Wildman–Crippen LogP) is 3.67. The number of benzene rings is 1. The molecule has 4 heteroatoms. The fourth-order valence-electron chi connectivity index (χ4n) is 4.59. The fraction of sp³-hybridized carbons (Fsp3) is 0.684. The van der Waals surface area contributed by atoms with Gasteiger partial charge in [-0.15, -0.1) is 0 Å². The Bertz CT molecular complexity index is 530. The van der Waals surface area contributed by atoms with Crippen LogP contribution in [0, 0.1) is 5.92 Å².